The molecule has 70 heavy (non-hydrogen) atoms. The highest BCUT2D eigenvalue weighted by Crippen LogP contribution is 2.49. The molecule has 11 aromatic carbocycles. The van der Waals surface area contributed by atoms with Crippen molar-refractivity contribution in [2.24, 2.45) is 0 Å². The van der Waals surface area contributed by atoms with Crippen LogP contribution in [0.2, 0.25) is 0 Å². The van der Waals surface area contributed by atoms with E-state index in [1.54, 1.807) is 0 Å². The van der Waals surface area contributed by atoms with Crippen LogP contribution in [0, 0.1) is 0 Å². The molecular formula is C66H40N2O2. The molecule has 0 atom stereocenters. The number of hydrogen-bond acceptors (Lipinski definition) is 3. The number of hydrogen-bond donors (Lipinski definition) is 0. The molecule has 0 spiro atoms. The lowest BCUT2D eigenvalue weighted by Crippen LogP contribution is -2.09. The lowest BCUT2D eigenvalue weighted by Gasteiger charge is -2.26. The Morgan fingerprint density at radius 3 is 1.31 bits per heavy atom. The predicted octanol–water partition coefficient (Wildman–Crippen LogP) is 18.7. The maximum absolute atomic E-state index is 6.48. The van der Waals surface area contributed by atoms with Crippen LogP contribution < -0.4 is 4.90 Å². The van der Waals surface area contributed by atoms with Gasteiger partial charge in [0.15, 0.2) is 0 Å². The van der Waals surface area contributed by atoms with Gasteiger partial charge < -0.3 is 18.3 Å². The minimum absolute atomic E-state index is 0.896. The van der Waals surface area contributed by atoms with Gasteiger partial charge in [-0.25, -0.2) is 0 Å². The highest BCUT2D eigenvalue weighted by atomic mass is 16.3. The van der Waals surface area contributed by atoms with Gasteiger partial charge in [0, 0.05) is 71.6 Å². The Bertz CT molecular complexity index is 4240. The van der Waals surface area contributed by atoms with E-state index in [1.807, 2.05) is 24.3 Å². The molecule has 0 saturated heterocycles. The van der Waals surface area contributed by atoms with E-state index in [2.05, 4.69) is 228 Å². The van der Waals surface area contributed by atoms with Crippen molar-refractivity contribution in [1.82, 2.24) is 4.57 Å². The number of fused-ring (bicyclic) bond motifs is 14. The predicted molar refractivity (Wildman–Crippen MR) is 291 cm³/mol. The first kappa shape index (κ1) is 38.7. The topological polar surface area (TPSA) is 34.5 Å². The van der Waals surface area contributed by atoms with Crippen molar-refractivity contribution in [1.29, 1.82) is 0 Å². The zero-order valence-corrected chi connectivity index (χ0v) is 37.8. The number of para-hydroxylation sites is 6. The third-order valence-electron chi connectivity index (χ3n) is 14.6. The summed E-state index contributed by atoms with van der Waals surface area (Å²) in [6.45, 7) is 0. The quantitative estimate of drug-likeness (QED) is 0.167. The molecule has 0 bridgehead atoms. The molecule has 0 amide bonds. The van der Waals surface area contributed by atoms with Crippen LogP contribution in [-0.4, -0.2) is 4.57 Å². The normalized spacial score (nSPS) is 12.0. The Morgan fingerprint density at radius 1 is 0.286 bits per heavy atom. The van der Waals surface area contributed by atoms with Gasteiger partial charge in [-0.15, -0.1) is 0 Å². The largest absolute Gasteiger partial charge is 0.455 e. The first-order chi connectivity index (χ1) is 34.7. The fourth-order valence-corrected chi connectivity index (χ4v) is 11.3. The van der Waals surface area contributed by atoms with Crippen LogP contribution in [0.15, 0.2) is 251 Å². The van der Waals surface area contributed by atoms with Crippen LogP contribution >= 0.6 is 0 Å². The number of benzene rings is 11. The van der Waals surface area contributed by atoms with Crippen molar-refractivity contribution in [3.8, 4) is 61.3 Å². The van der Waals surface area contributed by atoms with E-state index in [0.717, 1.165) is 88.8 Å². The third-order valence-corrected chi connectivity index (χ3v) is 14.6. The Labute approximate surface area is 403 Å². The molecule has 0 fully saturated rings. The van der Waals surface area contributed by atoms with Crippen molar-refractivity contribution in [2.75, 3.05) is 4.90 Å². The lowest BCUT2D eigenvalue weighted by molar-refractivity contribution is 0.669. The molecule has 15 rings (SSSR count). The fourth-order valence-electron chi connectivity index (χ4n) is 11.3. The molecular weight excluding hydrogens is 853 g/mol. The number of nitrogens with zero attached hydrogens (tertiary/aromatic N) is 2. The van der Waals surface area contributed by atoms with Gasteiger partial charge in [0.05, 0.1) is 16.7 Å². The van der Waals surface area contributed by atoms with Crippen LogP contribution in [0.3, 0.4) is 0 Å². The molecule has 4 nitrogen and oxygen atoms in total. The zero-order valence-electron chi connectivity index (χ0n) is 37.8. The Kier molecular flexibility index (Phi) is 8.33. The van der Waals surface area contributed by atoms with E-state index in [9.17, 15) is 0 Å². The minimum atomic E-state index is 0.896. The van der Waals surface area contributed by atoms with Gasteiger partial charge >= 0.3 is 0 Å². The number of furan rings is 2. The molecule has 0 unspecified atom stereocenters. The maximum Gasteiger partial charge on any atom is 0.143 e. The lowest BCUT2D eigenvalue weighted by atomic mass is 9.91. The summed E-state index contributed by atoms with van der Waals surface area (Å²) in [4.78, 5) is 2.35. The standard InChI is InChI=1S/C66H40N2O2/c1-2-14-51-50(13-1)52-15-3-7-23-60(52)68-61-24-8-4-16-53(61)59-40-44(39-58(51)64(59)68)41-27-33-45(34-28-41)67(46-35-29-42(30-36-46)48-19-11-21-56-54-17-5-9-25-62(54)69-65(48)56)47-37-31-43(32-38-47)49-20-12-22-57-55-18-6-10-26-63(55)70-66(49)57/h1-40H. The molecule has 4 heteroatoms. The van der Waals surface area contributed by atoms with Crippen molar-refractivity contribution < 1.29 is 8.83 Å². The average molecular weight is 893 g/mol. The van der Waals surface area contributed by atoms with Gasteiger partial charge in [-0.3, -0.25) is 0 Å². The van der Waals surface area contributed by atoms with Crippen molar-refractivity contribution in [2.45, 2.75) is 0 Å². The second-order valence-corrected chi connectivity index (χ2v) is 18.4. The van der Waals surface area contributed by atoms with E-state index in [1.165, 1.54) is 55.3 Å². The van der Waals surface area contributed by atoms with E-state index < -0.39 is 0 Å². The molecule has 326 valence electrons. The van der Waals surface area contributed by atoms with Crippen LogP contribution in [0.25, 0.3) is 127 Å². The molecule has 1 aliphatic rings. The summed E-state index contributed by atoms with van der Waals surface area (Å²) >= 11 is 0. The average Bonchev–Trinajstić information content (AvgIpc) is 4.09. The SMILES string of the molecule is c1ccc2c(c1)-c1ccccc1-n1c3ccccc3c3cc(-c4ccc(N(c5ccc(-c6cccc7c6oc6ccccc67)cc5)c5ccc(-c6cccc7c6oc6ccccc67)cc5)cc4)cc-2c31. The molecule has 0 radical (unpaired) electrons. The number of anilines is 3. The van der Waals surface area contributed by atoms with Gasteiger partial charge in [-0.05, 0) is 106 Å². The van der Waals surface area contributed by atoms with Crippen LogP contribution in [-0.2, 0) is 0 Å². The van der Waals surface area contributed by atoms with E-state index in [-0.39, 0.29) is 0 Å². The third kappa shape index (κ3) is 5.77. The Hall–Kier alpha value is -9.38. The minimum Gasteiger partial charge on any atom is -0.455 e. The van der Waals surface area contributed by atoms with Crippen molar-refractivity contribution in [3.63, 3.8) is 0 Å². The summed E-state index contributed by atoms with van der Waals surface area (Å²) < 4.78 is 15.4. The van der Waals surface area contributed by atoms with Gasteiger partial charge in [-0.1, -0.05) is 170 Å². The summed E-state index contributed by atoms with van der Waals surface area (Å²) in [6, 6.07) is 87.5. The van der Waals surface area contributed by atoms with E-state index >= 15 is 0 Å². The van der Waals surface area contributed by atoms with Crippen LogP contribution in [0.5, 0.6) is 0 Å². The highest BCUT2D eigenvalue weighted by molar-refractivity contribution is 6.18. The van der Waals surface area contributed by atoms with E-state index in [0.29, 0.717) is 0 Å². The van der Waals surface area contributed by atoms with Gasteiger partial charge in [-0.2, -0.15) is 0 Å². The molecule has 0 aliphatic carbocycles. The second kappa shape index (κ2) is 15.1. The Morgan fingerprint density at radius 2 is 0.729 bits per heavy atom. The van der Waals surface area contributed by atoms with Gasteiger partial charge in [0.1, 0.15) is 22.3 Å². The van der Waals surface area contributed by atoms with Crippen LogP contribution in [0.1, 0.15) is 0 Å². The van der Waals surface area contributed by atoms with E-state index in [4.69, 9.17) is 8.83 Å². The summed E-state index contributed by atoms with van der Waals surface area (Å²) in [5, 5.41) is 6.99. The van der Waals surface area contributed by atoms with Gasteiger partial charge in [0.2, 0.25) is 0 Å². The van der Waals surface area contributed by atoms with Crippen molar-refractivity contribution >= 4 is 82.7 Å². The monoisotopic (exact) mass is 892 g/mol. The van der Waals surface area contributed by atoms with Gasteiger partial charge in [0.25, 0.3) is 0 Å². The zero-order chi connectivity index (χ0) is 45.9. The first-order valence-electron chi connectivity index (χ1n) is 23.9. The molecule has 0 saturated carbocycles. The molecule has 3 aromatic heterocycles. The fraction of sp³-hybridized carbons (Fsp3) is 0. The molecule has 1 aliphatic heterocycles. The maximum atomic E-state index is 6.48. The molecule has 4 heterocycles. The summed E-state index contributed by atoms with van der Waals surface area (Å²) in [7, 11) is 0. The highest BCUT2D eigenvalue weighted by Gasteiger charge is 2.25. The number of aromatic nitrogens is 1. The Balaban J connectivity index is 0.863. The molecule has 0 N–H and O–H groups in total. The summed E-state index contributed by atoms with van der Waals surface area (Å²) in [5.41, 5.74) is 22.0. The number of rotatable bonds is 6. The summed E-state index contributed by atoms with van der Waals surface area (Å²) in [6.07, 6.45) is 0. The van der Waals surface area contributed by atoms with Crippen molar-refractivity contribution in [3.05, 3.63) is 243 Å². The summed E-state index contributed by atoms with van der Waals surface area (Å²) in [5.74, 6) is 0. The smallest absolute Gasteiger partial charge is 0.143 e. The first-order valence-corrected chi connectivity index (χ1v) is 23.9. The molecule has 14 aromatic rings. The van der Waals surface area contributed by atoms with Crippen LogP contribution in [0.4, 0.5) is 17.1 Å². The second-order valence-electron chi connectivity index (χ2n) is 18.4.